The highest BCUT2D eigenvalue weighted by atomic mass is 19.1. The van der Waals surface area contributed by atoms with Gasteiger partial charge in [-0.2, -0.15) is 5.26 Å². The molecule has 0 bridgehead atoms. The lowest BCUT2D eigenvalue weighted by atomic mass is 9.90. The molecule has 0 N–H and O–H groups in total. The van der Waals surface area contributed by atoms with Gasteiger partial charge in [-0.3, -0.25) is 4.79 Å². The molecule has 2 nitrogen and oxygen atoms in total. The van der Waals surface area contributed by atoms with Crippen LogP contribution >= 0.6 is 0 Å². The highest BCUT2D eigenvalue weighted by Crippen LogP contribution is 2.20. The molecule has 0 aliphatic rings. The van der Waals surface area contributed by atoms with E-state index in [-0.39, 0.29) is 11.7 Å². The molecule has 1 aromatic rings. The number of hydrogen-bond donors (Lipinski definition) is 0. The Morgan fingerprint density at radius 1 is 1.47 bits per heavy atom. The van der Waals surface area contributed by atoms with Crippen molar-refractivity contribution in [3.8, 4) is 6.07 Å². The van der Waals surface area contributed by atoms with Crippen molar-refractivity contribution < 1.29 is 9.18 Å². The fraction of sp³-hybridized carbons (Fsp3) is 0.333. The predicted octanol–water partition coefficient (Wildman–Crippen LogP) is 2.66. The summed E-state index contributed by atoms with van der Waals surface area (Å²) in [7, 11) is 0. The molecule has 0 unspecified atom stereocenters. The zero-order valence-electron chi connectivity index (χ0n) is 8.70. The number of halogens is 1. The van der Waals surface area contributed by atoms with Crippen molar-refractivity contribution in [3.05, 3.63) is 35.6 Å². The van der Waals surface area contributed by atoms with Gasteiger partial charge < -0.3 is 0 Å². The Morgan fingerprint density at radius 2 is 2.13 bits per heavy atom. The maximum absolute atomic E-state index is 12.9. The molecule has 0 heterocycles. The molecule has 0 spiro atoms. The second-order valence-corrected chi connectivity index (χ2v) is 3.67. The van der Waals surface area contributed by atoms with Crippen LogP contribution in [0.3, 0.4) is 0 Å². The number of rotatable bonds is 3. The number of nitriles is 1. The van der Waals surface area contributed by atoms with Crippen LogP contribution < -0.4 is 0 Å². The normalized spacial score (nSPS) is 12.2. The number of ketones is 1. The summed E-state index contributed by atoms with van der Waals surface area (Å²) < 4.78 is 12.9. The molecule has 3 heteroatoms. The number of carbonyl (C=O) groups excluding carboxylic acids is 1. The van der Waals surface area contributed by atoms with Crippen LogP contribution in [0.1, 0.15) is 25.3 Å². The van der Waals surface area contributed by atoms with Crippen LogP contribution in [0, 0.1) is 23.1 Å². The maximum Gasteiger partial charge on any atom is 0.156 e. The molecule has 0 saturated carbocycles. The average Bonchev–Trinajstić information content (AvgIpc) is 2.18. The molecule has 78 valence electrons. The Balaban J connectivity index is 3.04. The first-order valence-corrected chi connectivity index (χ1v) is 4.75. The summed E-state index contributed by atoms with van der Waals surface area (Å²) >= 11 is 0. The number of hydrogen-bond acceptors (Lipinski definition) is 2. The van der Waals surface area contributed by atoms with E-state index in [0.29, 0.717) is 5.56 Å². The Kier molecular flexibility index (Phi) is 3.56. The highest BCUT2D eigenvalue weighted by Gasteiger charge is 2.22. The van der Waals surface area contributed by atoms with E-state index in [0.717, 1.165) is 0 Å². The molecule has 0 amide bonds. The van der Waals surface area contributed by atoms with E-state index < -0.39 is 11.7 Å². The standard InChI is InChI=1S/C12H12FNO/c1-8(2)12(15)11(7-14)9-4-3-5-10(13)6-9/h3-6,8,11H,1-2H3/t11-/m1/s1. The van der Waals surface area contributed by atoms with Crippen LogP contribution in [0.15, 0.2) is 24.3 Å². The second kappa shape index (κ2) is 4.70. The average molecular weight is 205 g/mol. The summed E-state index contributed by atoms with van der Waals surface area (Å²) in [4.78, 5) is 11.6. The molecular weight excluding hydrogens is 193 g/mol. The molecule has 0 fully saturated rings. The van der Waals surface area contributed by atoms with E-state index >= 15 is 0 Å². The van der Waals surface area contributed by atoms with Gasteiger partial charge in [0.1, 0.15) is 11.7 Å². The third-order valence-corrected chi connectivity index (χ3v) is 2.16. The van der Waals surface area contributed by atoms with E-state index in [4.69, 9.17) is 5.26 Å². The summed E-state index contributed by atoms with van der Waals surface area (Å²) in [6.45, 7) is 3.46. The van der Waals surface area contributed by atoms with Gasteiger partial charge in [-0.1, -0.05) is 26.0 Å². The van der Waals surface area contributed by atoms with E-state index in [2.05, 4.69) is 0 Å². The lowest BCUT2D eigenvalue weighted by molar-refractivity contribution is -0.122. The largest absolute Gasteiger partial charge is 0.298 e. The zero-order chi connectivity index (χ0) is 11.4. The van der Waals surface area contributed by atoms with Gasteiger partial charge in [0.2, 0.25) is 0 Å². The lowest BCUT2D eigenvalue weighted by Gasteiger charge is -2.10. The molecule has 1 atom stereocenters. The summed E-state index contributed by atoms with van der Waals surface area (Å²) in [5.74, 6) is -1.69. The summed E-state index contributed by atoms with van der Waals surface area (Å²) in [6.07, 6.45) is 0. The first kappa shape index (κ1) is 11.4. The molecule has 0 aliphatic heterocycles. The van der Waals surface area contributed by atoms with Gasteiger partial charge in [0.25, 0.3) is 0 Å². The number of nitrogens with zero attached hydrogens (tertiary/aromatic N) is 1. The smallest absolute Gasteiger partial charge is 0.156 e. The lowest BCUT2D eigenvalue weighted by Crippen LogP contribution is -2.16. The van der Waals surface area contributed by atoms with E-state index in [9.17, 15) is 9.18 Å². The minimum Gasteiger partial charge on any atom is -0.298 e. The SMILES string of the molecule is CC(C)C(=O)[C@H](C#N)c1cccc(F)c1. The van der Waals surface area contributed by atoms with E-state index in [1.165, 1.54) is 18.2 Å². The molecule has 1 rings (SSSR count). The van der Waals surface area contributed by atoms with Crippen LogP contribution in [-0.2, 0) is 4.79 Å². The van der Waals surface area contributed by atoms with Gasteiger partial charge in [-0.25, -0.2) is 4.39 Å². The van der Waals surface area contributed by atoms with E-state index in [1.807, 2.05) is 6.07 Å². The Bertz CT molecular complexity index is 406. The van der Waals surface area contributed by atoms with Crippen molar-refractivity contribution in [2.45, 2.75) is 19.8 Å². The van der Waals surface area contributed by atoms with Crippen molar-refractivity contribution in [1.29, 1.82) is 5.26 Å². The van der Waals surface area contributed by atoms with Gasteiger partial charge in [0, 0.05) is 5.92 Å². The summed E-state index contributed by atoms with van der Waals surface area (Å²) in [5.41, 5.74) is 0.427. The molecule has 0 aliphatic carbocycles. The molecule has 1 aromatic carbocycles. The third kappa shape index (κ3) is 2.63. The topological polar surface area (TPSA) is 40.9 Å². The summed E-state index contributed by atoms with van der Waals surface area (Å²) in [6, 6.07) is 7.53. The van der Waals surface area contributed by atoms with Gasteiger partial charge in [0.05, 0.1) is 6.07 Å². The Labute approximate surface area is 88.3 Å². The number of carbonyl (C=O) groups is 1. The van der Waals surface area contributed by atoms with Gasteiger partial charge >= 0.3 is 0 Å². The fourth-order valence-corrected chi connectivity index (χ4v) is 1.32. The minimum atomic E-state index is -0.860. The van der Waals surface area contributed by atoms with Crippen LogP contribution in [-0.4, -0.2) is 5.78 Å². The summed E-state index contributed by atoms with van der Waals surface area (Å²) in [5, 5.41) is 8.90. The molecule has 0 saturated heterocycles. The number of benzene rings is 1. The zero-order valence-corrected chi connectivity index (χ0v) is 8.70. The van der Waals surface area contributed by atoms with Gasteiger partial charge in [-0.05, 0) is 17.7 Å². The van der Waals surface area contributed by atoms with Crippen molar-refractivity contribution in [3.63, 3.8) is 0 Å². The van der Waals surface area contributed by atoms with Gasteiger partial charge in [0.15, 0.2) is 5.78 Å². The van der Waals surface area contributed by atoms with Crippen LogP contribution in [0.4, 0.5) is 4.39 Å². The number of Topliss-reactive ketones (excluding diaryl/α,β-unsaturated/α-hetero) is 1. The quantitative estimate of drug-likeness (QED) is 0.761. The molecule has 0 aromatic heterocycles. The maximum atomic E-state index is 12.9. The van der Waals surface area contributed by atoms with Gasteiger partial charge in [-0.15, -0.1) is 0 Å². The van der Waals surface area contributed by atoms with E-state index in [1.54, 1.807) is 19.9 Å². The van der Waals surface area contributed by atoms with Crippen molar-refractivity contribution in [1.82, 2.24) is 0 Å². The minimum absolute atomic E-state index is 0.178. The van der Waals surface area contributed by atoms with Crippen LogP contribution in [0.5, 0.6) is 0 Å². The predicted molar refractivity (Wildman–Crippen MR) is 54.6 cm³/mol. The highest BCUT2D eigenvalue weighted by molar-refractivity contribution is 5.89. The monoisotopic (exact) mass is 205 g/mol. The van der Waals surface area contributed by atoms with Crippen molar-refractivity contribution in [2.24, 2.45) is 5.92 Å². The van der Waals surface area contributed by atoms with Crippen molar-refractivity contribution in [2.75, 3.05) is 0 Å². The van der Waals surface area contributed by atoms with Crippen LogP contribution in [0.2, 0.25) is 0 Å². The van der Waals surface area contributed by atoms with Crippen LogP contribution in [0.25, 0.3) is 0 Å². The second-order valence-electron chi connectivity index (χ2n) is 3.67. The third-order valence-electron chi connectivity index (χ3n) is 2.16. The Hall–Kier alpha value is -1.69. The molecule has 0 radical (unpaired) electrons. The molecule has 15 heavy (non-hydrogen) atoms. The first-order valence-electron chi connectivity index (χ1n) is 4.75. The molecular formula is C12H12FNO. The first-order chi connectivity index (χ1) is 7.06. The fourth-order valence-electron chi connectivity index (χ4n) is 1.32. The Morgan fingerprint density at radius 3 is 2.60 bits per heavy atom. The van der Waals surface area contributed by atoms with Crippen molar-refractivity contribution >= 4 is 5.78 Å².